The summed E-state index contributed by atoms with van der Waals surface area (Å²) in [5.41, 5.74) is 1.64. The monoisotopic (exact) mass is 364 g/mol. The molecule has 0 aromatic carbocycles. The Morgan fingerprint density at radius 3 is 2.52 bits per heavy atom. The van der Waals surface area contributed by atoms with Gasteiger partial charge in [0.25, 0.3) is 0 Å². The van der Waals surface area contributed by atoms with Crippen molar-refractivity contribution in [2.24, 2.45) is 0 Å². The molecule has 1 unspecified atom stereocenters. The molecule has 0 saturated heterocycles. The van der Waals surface area contributed by atoms with Gasteiger partial charge in [0.05, 0.1) is 11.3 Å². The van der Waals surface area contributed by atoms with Gasteiger partial charge >= 0.3 is 0 Å². The van der Waals surface area contributed by atoms with Gasteiger partial charge in [-0.25, -0.2) is 9.97 Å². The zero-order valence-electron chi connectivity index (χ0n) is 15.3. The Morgan fingerprint density at radius 1 is 1.04 bits per heavy atom. The van der Waals surface area contributed by atoms with Gasteiger partial charge in [-0.15, -0.1) is 0 Å². The summed E-state index contributed by atoms with van der Waals surface area (Å²) in [5.74, 6) is 1.86. The van der Waals surface area contributed by atoms with E-state index in [1.165, 1.54) is 0 Å². The molecule has 0 aliphatic rings. The highest BCUT2D eigenvalue weighted by Gasteiger charge is 2.14. The lowest BCUT2D eigenvalue weighted by atomic mass is 10.1. The SMILES string of the molecule is CCC(CCCO)Nc1nc(Nc2ccccn2)ncc1-c1ccccn1. The van der Waals surface area contributed by atoms with Crippen molar-refractivity contribution in [3.8, 4) is 11.3 Å². The molecule has 0 spiro atoms. The van der Waals surface area contributed by atoms with Gasteiger partial charge in [-0.1, -0.05) is 19.1 Å². The van der Waals surface area contributed by atoms with Crippen molar-refractivity contribution in [3.05, 3.63) is 55.0 Å². The number of aliphatic hydroxyl groups excluding tert-OH is 1. The fourth-order valence-electron chi connectivity index (χ4n) is 2.72. The summed E-state index contributed by atoms with van der Waals surface area (Å²) in [4.78, 5) is 17.8. The fraction of sp³-hybridized carbons (Fsp3) is 0.300. The standard InChI is InChI=1S/C20H24N6O/c1-2-15(8-7-13-27)24-19-16(17-9-3-5-11-21-17)14-23-20(26-19)25-18-10-4-6-12-22-18/h3-6,9-12,14-15,27H,2,7-8,13H2,1H3,(H2,22,23,24,25,26). The van der Waals surface area contributed by atoms with Gasteiger partial charge in [-0.05, 0) is 43.5 Å². The molecule has 0 aliphatic heterocycles. The van der Waals surface area contributed by atoms with E-state index < -0.39 is 0 Å². The Balaban J connectivity index is 1.90. The number of nitrogens with zero attached hydrogens (tertiary/aromatic N) is 4. The zero-order valence-corrected chi connectivity index (χ0v) is 15.3. The minimum absolute atomic E-state index is 0.182. The first-order chi connectivity index (χ1) is 13.3. The topological polar surface area (TPSA) is 95.8 Å². The van der Waals surface area contributed by atoms with Gasteiger partial charge in [0, 0.05) is 31.2 Å². The molecule has 1 atom stereocenters. The minimum atomic E-state index is 0.182. The Labute approximate surface area is 159 Å². The van der Waals surface area contributed by atoms with E-state index in [9.17, 15) is 0 Å². The number of anilines is 3. The summed E-state index contributed by atoms with van der Waals surface area (Å²) in [6.07, 6.45) is 7.76. The highest BCUT2D eigenvalue weighted by Crippen LogP contribution is 2.27. The molecule has 3 heterocycles. The number of aromatic nitrogens is 4. The smallest absolute Gasteiger partial charge is 0.230 e. The number of pyridine rings is 2. The van der Waals surface area contributed by atoms with Crippen LogP contribution in [0.25, 0.3) is 11.3 Å². The molecule has 27 heavy (non-hydrogen) atoms. The van der Waals surface area contributed by atoms with Crippen LogP contribution >= 0.6 is 0 Å². The van der Waals surface area contributed by atoms with Crippen molar-refractivity contribution in [3.63, 3.8) is 0 Å². The summed E-state index contributed by atoms with van der Waals surface area (Å²) in [5, 5.41) is 15.8. The van der Waals surface area contributed by atoms with E-state index in [1.807, 2.05) is 36.4 Å². The molecular formula is C20H24N6O. The van der Waals surface area contributed by atoms with Crippen LogP contribution in [-0.4, -0.2) is 37.7 Å². The van der Waals surface area contributed by atoms with Crippen molar-refractivity contribution < 1.29 is 5.11 Å². The molecule has 3 N–H and O–H groups in total. The predicted molar refractivity (Wildman–Crippen MR) is 107 cm³/mol. The first-order valence-electron chi connectivity index (χ1n) is 9.14. The number of hydrogen-bond acceptors (Lipinski definition) is 7. The van der Waals surface area contributed by atoms with Crippen molar-refractivity contribution in [2.75, 3.05) is 17.2 Å². The molecule has 0 aliphatic carbocycles. The van der Waals surface area contributed by atoms with E-state index in [-0.39, 0.29) is 12.6 Å². The van der Waals surface area contributed by atoms with Crippen LogP contribution in [0.3, 0.4) is 0 Å². The lowest BCUT2D eigenvalue weighted by Gasteiger charge is -2.19. The third-order valence-electron chi connectivity index (χ3n) is 4.18. The summed E-state index contributed by atoms with van der Waals surface area (Å²) in [6, 6.07) is 11.6. The molecule has 3 aromatic heterocycles. The minimum Gasteiger partial charge on any atom is -0.396 e. The van der Waals surface area contributed by atoms with Gasteiger partial charge in [0.1, 0.15) is 11.6 Å². The van der Waals surface area contributed by atoms with E-state index in [4.69, 9.17) is 5.11 Å². The molecule has 3 rings (SSSR count). The third-order valence-corrected chi connectivity index (χ3v) is 4.18. The van der Waals surface area contributed by atoms with Gasteiger partial charge in [0.2, 0.25) is 5.95 Å². The van der Waals surface area contributed by atoms with Crippen LogP contribution in [0, 0.1) is 0 Å². The normalized spacial score (nSPS) is 11.8. The first-order valence-corrected chi connectivity index (χ1v) is 9.14. The first kappa shape index (κ1) is 18.7. The fourth-order valence-corrected chi connectivity index (χ4v) is 2.72. The second kappa shape index (κ2) is 9.59. The molecule has 0 saturated carbocycles. The average Bonchev–Trinajstić information content (AvgIpc) is 2.72. The van der Waals surface area contributed by atoms with Crippen molar-refractivity contribution in [2.45, 2.75) is 32.2 Å². The second-order valence-corrected chi connectivity index (χ2v) is 6.13. The molecule has 0 bridgehead atoms. The van der Waals surface area contributed by atoms with Crippen LogP contribution < -0.4 is 10.6 Å². The maximum absolute atomic E-state index is 9.14. The quantitative estimate of drug-likeness (QED) is 0.533. The number of aliphatic hydroxyl groups is 1. The maximum Gasteiger partial charge on any atom is 0.230 e. The van der Waals surface area contributed by atoms with E-state index >= 15 is 0 Å². The Hall–Kier alpha value is -3.06. The summed E-state index contributed by atoms with van der Waals surface area (Å²) < 4.78 is 0. The molecule has 140 valence electrons. The third kappa shape index (κ3) is 5.21. The number of nitrogens with one attached hydrogen (secondary N) is 2. The molecule has 7 nitrogen and oxygen atoms in total. The van der Waals surface area contributed by atoms with E-state index in [1.54, 1.807) is 18.6 Å². The van der Waals surface area contributed by atoms with Crippen molar-refractivity contribution >= 4 is 17.6 Å². The number of rotatable bonds is 9. The highest BCUT2D eigenvalue weighted by atomic mass is 16.2. The Bertz CT molecular complexity index is 828. The summed E-state index contributed by atoms with van der Waals surface area (Å²) in [7, 11) is 0. The molecule has 7 heteroatoms. The van der Waals surface area contributed by atoms with Gasteiger partial charge in [-0.3, -0.25) is 4.98 Å². The zero-order chi connectivity index (χ0) is 18.9. The lowest BCUT2D eigenvalue weighted by molar-refractivity contribution is 0.280. The van der Waals surface area contributed by atoms with E-state index in [0.717, 1.165) is 30.5 Å². The average molecular weight is 364 g/mol. The highest BCUT2D eigenvalue weighted by molar-refractivity contribution is 5.73. The molecule has 0 radical (unpaired) electrons. The van der Waals surface area contributed by atoms with Crippen LogP contribution in [0.2, 0.25) is 0 Å². The molecule has 0 amide bonds. The second-order valence-electron chi connectivity index (χ2n) is 6.13. The van der Waals surface area contributed by atoms with Gasteiger partial charge < -0.3 is 15.7 Å². The molecule has 0 fully saturated rings. The van der Waals surface area contributed by atoms with Crippen molar-refractivity contribution in [1.29, 1.82) is 0 Å². The lowest BCUT2D eigenvalue weighted by Crippen LogP contribution is -2.20. The molecule has 3 aromatic rings. The number of hydrogen-bond donors (Lipinski definition) is 3. The van der Waals surface area contributed by atoms with Crippen LogP contribution in [0.1, 0.15) is 26.2 Å². The maximum atomic E-state index is 9.14. The van der Waals surface area contributed by atoms with Gasteiger partial charge in [-0.2, -0.15) is 4.98 Å². The predicted octanol–water partition coefficient (Wildman–Crippen LogP) is 3.64. The van der Waals surface area contributed by atoms with Gasteiger partial charge in [0.15, 0.2) is 0 Å². The van der Waals surface area contributed by atoms with Crippen LogP contribution in [-0.2, 0) is 0 Å². The summed E-state index contributed by atoms with van der Waals surface area (Å²) >= 11 is 0. The van der Waals surface area contributed by atoms with Crippen molar-refractivity contribution in [1.82, 2.24) is 19.9 Å². The van der Waals surface area contributed by atoms with E-state index in [0.29, 0.717) is 17.6 Å². The van der Waals surface area contributed by atoms with E-state index in [2.05, 4.69) is 37.5 Å². The largest absolute Gasteiger partial charge is 0.396 e. The Kier molecular flexibility index (Phi) is 6.65. The Morgan fingerprint density at radius 2 is 1.85 bits per heavy atom. The van der Waals surface area contributed by atoms with Crippen LogP contribution in [0.5, 0.6) is 0 Å². The summed E-state index contributed by atoms with van der Waals surface area (Å²) in [6.45, 7) is 2.30. The van der Waals surface area contributed by atoms with Crippen LogP contribution in [0.15, 0.2) is 55.0 Å². The van der Waals surface area contributed by atoms with Crippen LogP contribution in [0.4, 0.5) is 17.6 Å². The molecular weight excluding hydrogens is 340 g/mol.